The van der Waals surface area contributed by atoms with Gasteiger partial charge in [-0.2, -0.15) is 0 Å². The Morgan fingerprint density at radius 1 is 1.41 bits per heavy atom. The van der Waals surface area contributed by atoms with Gasteiger partial charge in [-0.05, 0) is 29.7 Å². The van der Waals surface area contributed by atoms with Gasteiger partial charge in [0, 0.05) is 30.6 Å². The summed E-state index contributed by atoms with van der Waals surface area (Å²) >= 11 is 0. The molecule has 1 aromatic heterocycles. The molecular formula is C17H19N3O2. The number of hydrogen-bond donors (Lipinski definition) is 2. The summed E-state index contributed by atoms with van der Waals surface area (Å²) in [4.78, 5) is 27.9. The summed E-state index contributed by atoms with van der Waals surface area (Å²) in [5, 5.41) is 1.03. The van der Waals surface area contributed by atoms with Gasteiger partial charge in [-0.15, -0.1) is 0 Å². The number of likely N-dealkylation sites (tertiary alicyclic amines) is 1. The maximum absolute atomic E-state index is 11.5. The first kappa shape index (κ1) is 14.4. The Bertz CT molecular complexity index is 756. The average molecular weight is 297 g/mol. The molecule has 1 aliphatic rings. The number of carbonyl (C=O) groups is 2. The van der Waals surface area contributed by atoms with E-state index in [1.54, 1.807) is 11.0 Å². The number of aromatic amines is 1. The van der Waals surface area contributed by atoms with Crippen molar-refractivity contribution in [2.24, 2.45) is 11.7 Å². The molecule has 0 radical (unpaired) electrons. The zero-order valence-corrected chi connectivity index (χ0v) is 12.5. The van der Waals surface area contributed by atoms with E-state index in [0.29, 0.717) is 17.4 Å². The lowest BCUT2D eigenvalue weighted by Gasteiger charge is -2.42. The van der Waals surface area contributed by atoms with Gasteiger partial charge in [0.2, 0.25) is 5.91 Å². The molecule has 5 heteroatoms. The standard InChI is InChI=1S/C17H19N3O2/c1-3-15(21)20-8-11(9-20)10(2)12-4-5-14(17(18)22)16-13(12)6-7-19-16/h3-7,10-11,19H,1,8-9H2,2H3,(H2,18,22). The molecule has 0 aliphatic carbocycles. The first-order chi connectivity index (χ1) is 10.5. The summed E-state index contributed by atoms with van der Waals surface area (Å²) in [6, 6.07) is 5.72. The predicted octanol–water partition coefficient (Wildman–Crippen LogP) is 2.01. The van der Waals surface area contributed by atoms with Gasteiger partial charge in [-0.1, -0.05) is 19.6 Å². The van der Waals surface area contributed by atoms with Crippen LogP contribution in [0.15, 0.2) is 37.1 Å². The highest BCUT2D eigenvalue weighted by Gasteiger charge is 2.34. The van der Waals surface area contributed by atoms with E-state index in [1.807, 2.05) is 18.3 Å². The largest absolute Gasteiger partial charge is 0.366 e. The van der Waals surface area contributed by atoms with Gasteiger partial charge in [-0.25, -0.2) is 0 Å². The third kappa shape index (κ3) is 2.19. The molecular weight excluding hydrogens is 278 g/mol. The Balaban J connectivity index is 1.87. The van der Waals surface area contributed by atoms with E-state index in [9.17, 15) is 9.59 Å². The van der Waals surface area contributed by atoms with Crippen molar-refractivity contribution >= 4 is 22.7 Å². The number of H-pyrrole nitrogens is 1. The van der Waals surface area contributed by atoms with E-state index in [2.05, 4.69) is 18.5 Å². The Hall–Kier alpha value is -2.56. The van der Waals surface area contributed by atoms with Gasteiger partial charge < -0.3 is 15.6 Å². The first-order valence-electron chi connectivity index (χ1n) is 7.34. The van der Waals surface area contributed by atoms with E-state index >= 15 is 0 Å². The van der Waals surface area contributed by atoms with Crippen molar-refractivity contribution in [3.05, 3.63) is 48.2 Å². The fraction of sp³-hybridized carbons (Fsp3) is 0.294. The summed E-state index contributed by atoms with van der Waals surface area (Å²) in [5.41, 5.74) is 7.89. The number of amides is 2. The number of benzene rings is 1. The molecule has 2 amide bonds. The molecule has 2 aromatic rings. The zero-order valence-electron chi connectivity index (χ0n) is 12.5. The number of fused-ring (bicyclic) bond motifs is 1. The maximum Gasteiger partial charge on any atom is 0.250 e. The number of nitrogens with two attached hydrogens (primary N) is 1. The second-order valence-corrected chi connectivity index (χ2v) is 5.83. The van der Waals surface area contributed by atoms with E-state index in [1.165, 1.54) is 11.6 Å². The fourth-order valence-corrected chi connectivity index (χ4v) is 3.17. The highest BCUT2D eigenvalue weighted by molar-refractivity contribution is 6.05. The van der Waals surface area contributed by atoms with E-state index in [-0.39, 0.29) is 5.91 Å². The minimum Gasteiger partial charge on any atom is -0.366 e. The zero-order chi connectivity index (χ0) is 15.9. The molecule has 3 rings (SSSR count). The van der Waals surface area contributed by atoms with Crippen LogP contribution in [-0.4, -0.2) is 34.8 Å². The van der Waals surface area contributed by atoms with Crippen molar-refractivity contribution in [1.29, 1.82) is 0 Å². The monoisotopic (exact) mass is 297 g/mol. The second kappa shape index (κ2) is 5.33. The summed E-state index contributed by atoms with van der Waals surface area (Å²) in [6.45, 7) is 7.16. The predicted molar refractivity (Wildman–Crippen MR) is 85.5 cm³/mol. The Labute approximate surface area is 128 Å². The maximum atomic E-state index is 11.5. The topological polar surface area (TPSA) is 79.2 Å². The van der Waals surface area contributed by atoms with Crippen LogP contribution < -0.4 is 5.73 Å². The van der Waals surface area contributed by atoms with Gasteiger partial charge in [0.25, 0.3) is 5.91 Å². The molecule has 0 spiro atoms. The Kier molecular flexibility index (Phi) is 3.48. The second-order valence-electron chi connectivity index (χ2n) is 5.83. The van der Waals surface area contributed by atoms with Crippen molar-refractivity contribution in [2.45, 2.75) is 12.8 Å². The summed E-state index contributed by atoms with van der Waals surface area (Å²) < 4.78 is 0. The number of hydrogen-bond acceptors (Lipinski definition) is 2. The average Bonchev–Trinajstić information content (AvgIpc) is 2.93. The molecule has 3 N–H and O–H groups in total. The fourth-order valence-electron chi connectivity index (χ4n) is 3.17. The van der Waals surface area contributed by atoms with Crippen LogP contribution in [0.4, 0.5) is 0 Å². The molecule has 1 fully saturated rings. The molecule has 0 bridgehead atoms. The van der Waals surface area contributed by atoms with Crippen molar-refractivity contribution in [2.75, 3.05) is 13.1 Å². The van der Waals surface area contributed by atoms with Crippen LogP contribution in [0.2, 0.25) is 0 Å². The van der Waals surface area contributed by atoms with Gasteiger partial charge >= 0.3 is 0 Å². The molecule has 2 heterocycles. The molecule has 5 nitrogen and oxygen atoms in total. The molecule has 114 valence electrons. The van der Waals surface area contributed by atoms with E-state index in [0.717, 1.165) is 24.0 Å². The first-order valence-corrected chi connectivity index (χ1v) is 7.34. The van der Waals surface area contributed by atoms with E-state index in [4.69, 9.17) is 5.73 Å². The molecule has 0 saturated carbocycles. The van der Waals surface area contributed by atoms with Gasteiger partial charge in [0.15, 0.2) is 0 Å². The Morgan fingerprint density at radius 3 is 2.77 bits per heavy atom. The minimum atomic E-state index is -0.432. The molecule has 1 saturated heterocycles. The van der Waals surface area contributed by atoms with Crippen LogP contribution in [0.3, 0.4) is 0 Å². The van der Waals surface area contributed by atoms with Crippen LogP contribution >= 0.6 is 0 Å². The highest BCUT2D eigenvalue weighted by Crippen LogP contribution is 2.36. The normalized spacial score (nSPS) is 16.3. The summed E-state index contributed by atoms with van der Waals surface area (Å²) in [5.74, 6) is 0.271. The quantitative estimate of drug-likeness (QED) is 0.847. The smallest absolute Gasteiger partial charge is 0.250 e. The van der Waals surface area contributed by atoms with Crippen molar-refractivity contribution in [3.63, 3.8) is 0 Å². The van der Waals surface area contributed by atoms with Crippen molar-refractivity contribution in [1.82, 2.24) is 9.88 Å². The van der Waals surface area contributed by atoms with Crippen LogP contribution in [0.25, 0.3) is 10.9 Å². The number of primary amides is 1. The van der Waals surface area contributed by atoms with Crippen molar-refractivity contribution in [3.8, 4) is 0 Å². The SMILES string of the molecule is C=CC(=O)N1CC(C(C)c2ccc(C(N)=O)c3[nH]ccc23)C1. The van der Waals surface area contributed by atoms with Gasteiger partial charge in [0.1, 0.15) is 0 Å². The number of nitrogens with zero attached hydrogens (tertiary/aromatic N) is 1. The number of aromatic nitrogens is 1. The third-order valence-electron chi connectivity index (χ3n) is 4.62. The van der Waals surface area contributed by atoms with Crippen LogP contribution in [-0.2, 0) is 4.79 Å². The van der Waals surface area contributed by atoms with E-state index < -0.39 is 5.91 Å². The summed E-state index contributed by atoms with van der Waals surface area (Å²) in [7, 11) is 0. The Morgan fingerprint density at radius 2 is 2.14 bits per heavy atom. The number of carbonyl (C=O) groups excluding carboxylic acids is 2. The lowest BCUT2D eigenvalue weighted by atomic mass is 9.80. The molecule has 1 atom stereocenters. The summed E-state index contributed by atoms with van der Waals surface area (Å²) in [6.07, 6.45) is 3.18. The van der Waals surface area contributed by atoms with Crippen LogP contribution in [0.5, 0.6) is 0 Å². The van der Waals surface area contributed by atoms with Gasteiger partial charge in [0.05, 0.1) is 11.1 Å². The molecule has 1 aromatic carbocycles. The van der Waals surface area contributed by atoms with Crippen LogP contribution in [0.1, 0.15) is 28.8 Å². The molecule has 22 heavy (non-hydrogen) atoms. The number of rotatable bonds is 4. The molecule has 1 aliphatic heterocycles. The molecule has 1 unspecified atom stereocenters. The van der Waals surface area contributed by atoms with Crippen molar-refractivity contribution < 1.29 is 9.59 Å². The third-order valence-corrected chi connectivity index (χ3v) is 4.62. The van der Waals surface area contributed by atoms with Gasteiger partial charge in [-0.3, -0.25) is 9.59 Å². The lowest BCUT2D eigenvalue weighted by Crippen LogP contribution is -2.51. The highest BCUT2D eigenvalue weighted by atomic mass is 16.2. The minimum absolute atomic E-state index is 0.0145. The number of nitrogens with one attached hydrogen (secondary N) is 1. The lowest BCUT2D eigenvalue weighted by molar-refractivity contribution is -0.132. The van der Waals surface area contributed by atoms with Crippen LogP contribution in [0, 0.1) is 5.92 Å².